The number of carbonyl (C=O) groups is 1. The highest BCUT2D eigenvalue weighted by atomic mass is 16.5. The number of ether oxygens (including phenoxy) is 1. The van der Waals surface area contributed by atoms with Crippen molar-refractivity contribution in [3.63, 3.8) is 0 Å². The number of aryl methyl sites for hydroxylation is 1. The third-order valence-electron chi connectivity index (χ3n) is 2.52. The average molecular weight is 206 g/mol. The molecule has 1 aliphatic rings. The second-order valence-electron chi connectivity index (χ2n) is 3.53. The molecule has 0 fully saturated rings. The zero-order valence-electron chi connectivity index (χ0n) is 8.79. The minimum Gasteiger partial charge on any atom is -0.469 e. The lowest BCUT2D eigenvalue weighted by Crippen LogP contribution is -2.04. The normalized spacial score (nSPS) is 17.5. The smallest absolute Gasteiger partial charge is 0.331 e. The summed E-state index contributed by atoms with van der Waals surface area (Å²) in [7, 11) is 0. The zero-order chi connectivity index (χ0) is 10.7. The van der Waals surface area contributed by atoms with E-state index in [0.29, 0.717) is 6.61 Å². The van der Waals surface area contributed by atoms with Gasteiger partial charge < -0.3 is 9.15 Å². The Morgan fingerprint density at radius 2 is 2.47 bits per heavy atom. The maximum atomic E-state index is 11.3. The van der Waals surface area contributed by atoms with Crippen molar-refractivity contribution in [1.29, 1.82) is 0 Å². The van der Waals surface area contributed by atoms with E-state index in [2.05, 4.69) is 0 Å². The summed E-state index contributed by atoms with van der Waals surface area (Å²) in [6.07, 6.45) is 6.17. The lowest BCUT2D eigenvalue weighted by atomic mass is 9.93. The number of rotatable bonds is 2. The molecule has 0 radical (unpaired) electrons. The Morgan fingerprint density at radius 1 is 1.60 bits per heavy atom. The Balaban J connectivity index is 2.22. The molecule has 0 atom stereocenters. The highest BCUT2D eigenvalue weighted by Gasteiger charge is 2.17. The Labute approximate surface area is 88.7 Å². The van der Waals surface area contributed by atoms with Crippen LogP contribution in [0.4, 0.5) is 0 Å². The molecular weight excluding hydrogens is 192 g/mol. The molecule has 80 valence electrons. The second kappa shape index (κ2) is 4.34. The minimum absolute atomic E-state index is 0.262. The first-order valence-electron chi connectivity index (χ1n) is 5.25. The lowest BCUT2D eigenvalue weighted by molar-refractivity contribution is -0.137. The van der Waals surface area contributed by atoms with E-state index in [1.165, 1.54) is 0 Å². The van der Waals surface area contributed by atoms with Crippen molar-refractivity contribution in [2.45, 2.75) is 26.2 Å². The summed E-state index contributed by atoms with van der Waals surface area (Å²) >= 11 is 0. The topological polar surface area (TPSA) is 39.4 Å². The van der Waals surface area contributed by atoms with E-state index in [4.69, 9.17) is 9.15 Å². The monoisotopic (exact) mass is 206 g/mol. The molecule has 0 amide bonds. The third-order valence-corrected chi connectivity index (χ3v) is 2.52. The molecule has 15 heavy (non-hydrogen) atoms. The molecule has 2 rings (SSSR count). The lowest BCUT2D eigenvalue weighted by Gasteiger charge is -2.13. The van der Waals surface area contributed by atoms with E-state index >= 15 is 0 Å². The van der Waals surface area contributed by atoms with Gasteiger partial charge in [0.05, 0.1) is 12.9 Å². The molecule has 0 bridgehead atoms. The molecular formula is C12H14O3. The van der Waals surface area contributed by atoms with E-state index in [0.717, 1.165) is 36.2 Å². The first kappa shape index (κ1) is 10.0. The number of allylic oxidation sites excluding steroid dienone is 1. The van der Waals surface area contributed by atoms with Gasteiger partial charge in [0.2, 0.25) is 0 Å². The molecule has 1 aromatic rings. The van der Waals surface area contributed by atoms with Gasteiger partial charge in [0, 0.05) is 18.1 Å². The molecule has 1 aliphatic carbocycles. The molecule has 0 N–H and O–H groups in total. The number of furan rings is 1. The number of carbonyl (C=O) groups excluding carboxylic acids is 1. The molecule has 0 unspecified atom stereocenters. The number of hydrogen-bond acceptors (Lipinski definition) is 3. The van der Waals surface area contributed by atoms with Crippen molar-refractivity contribution in [3.05, 3.63) is 29.7 Å². The van der Waals surface area contributed by atoms with Gasteiger partial charge in [-0.25, -0.2) is 4.79 Å². The number of fused-ring (bicyclic) bond motifs is 1. The first-order valence-corrected chi connectivity index (χ1v) is 5.25. The van der Waals surface area contributed by atoms with Crippen LogP contribution >= 0.6 is 0 Å². The number of esters is 1. The fourth-order valence-electron chi connectivity index (χ4n) is 1.87. The summed E-state index contributed by atoms with van der Waals surface area (Å²) in [5.74, 6) is 0.721. The molecule has 3 nitrogen and oxygen atoms in total. The van der Waals surface area contributed by atoms with E-state index in [1.807, 2.05) is 6.07 Å². The van der Waals surface area contributed by atoms with Crippen LogP contribution in [0.25, 0.3) is 5.57 Å². The fraction of sp³-hybridized carbons (Fsp3) is 0.417. The van der Waals surface area contributed by atoms with Crippen LogP contribution in [0.1, 0.15) is 31.1 Å². The Kier molecular flexibility index (Phi) is 2.90. The van der Waals surface area contributed by atoms with Gasteiger partial charge in [-0.2, -0.15) is 0 Å². The Hall–Kier alpha value is -1.51. The van der Waals surface area contributed by atoms with Crippen molar-refractivity contribution >= 4 is 11.5 Å². The predicted molar refractivity (Wildman–Crippen MR) is 56.3 cm³/mol. The van der Waals surface area contributed by atoms with Crippen LogP contribution < -0.4 is 0 Å². The number of hydrogen-bond donors (Lipinski definition) is 0. The van der Waals surface area contributed by atoms with Crippen LogP contribution in [0.3, 0.4) is 0 Å². The van der Waals surface area contributed by atoms with Crippen molar-refractivity contribution < 1.29 is 13.9 Å². The molecule has 0 saturated heterocycles. The highest BCUT2D eigenvalue weighted by molar-refractivity contribution is 5.91. The Bertz CT molecular complexity index is 387. The second-order valence-corrected chi connectivity index (χ2v) is 3.53. The quantitative estimate of drug-likeness (QED) is 0.551. The summed E-state index contributed by atoms with van der Waals surface area (Å²) in [4.78, 5) is 11.3. The molecule has 3 heteroatoms. The summed E-state index contributed by atoms with van der Waals surface area (Å²) in [6, 6.07) is 1.92. The standard InChI is InChI=1S/C12H14O3/c1-2-14-12(13)8-9-4-3-5-11-10(9)6-7-15-11/h6-8H,2-5H2,1H3/b9-8+. The van der Waals surface area contributed by atoms with Gasteiger partial charge in [0.25, 0.3) is 0 Å². The summed E-state index contributed by atoms with van der Waals surface area (Å²) in [5.41, 5.74) is 2.10. The van der Waals surface area contributed by atoms with Crippen molar-refractivity contribution in [1.82, 2.24) is 0 Å². The molecule has 0 aliphatic heterocycles. The third kappa shape index (κ3) is 2.12. The SMILES string of the molecule is CCOC(=O)/C=C1\CCCc2occc21. The first-order chi connectivity index (χ1) is 7.31. The minimum atomic E-state index is -0.262. The van der Waals surface area contributed by atoms with Crippen LogP contribution in [-0.2, 0) is 16.0 Å². The Morgan fingerprint density at radius 3 is 3.27 bits per heavy atom. The van der Waals surface area contributed by atoms with Gasteiger partial charge in [0.15, 0.2) is 0 Å². The fourth-order valence-corrected chi connectivity index (χ4v) is 1.87. The van der Waals surface area contributed by atoms with E-state index in [-0.39, 0.29) is 5.97 Å². The van der Waals surface area contributed by atoms with Crippen LogP contribution in [0.15, 0.2) is 22.8 Å². The van der Waals surface area contributed by atoms with Crippen molar-refractivity contribution in [2.75, 3.05) is 6.61 Å². The van der Waals surface area contributed by atoms with Gasteiger partial charge in [-0.1, -0.05) is 0 Å². The average Bonchev–Trinajstić information content (AvgIpc) is 2.67. The van der Waals surface area contributed by atoms with Gasteiger partial charge in [-0.15, -0.1) is 0 Å². The van der Waals surface area contributed by atoms with Gasteiger partial charge in [-0.05, 0) is 31.4 Å². The maximum Gasteiger partial charge on any atom is 0.331 e. The molecule has 0 aromatic carbocycles. The van der Waals surface area contributed by atoms with E-state index in [9.17, 15) is 4.79 Å². The maximum absolute atomic E-state index is 11.3. The van der Waals surface area contributed by atoms with Gasteiger partial charge in [-0.3, -0.25) is 0 Å². The molecule has 0 saturated carbocycles. The van der Waals surface area contributed by atoms with E-state index in [1.54, 1.807) is 19.3 Å². The summed E-state index contributed by atoms with van der Waals surface area (Å²) < 4.78 is 10.2. The van der Waals surface area contributed by atoms with E-state index < -0.39 is 0 Å². The largest absolute Gasteiger partial charge is 0.469 e. The van der Waals surface area contributed by atoms with Crippen LogP contribution in [-0.4, -0.2) is 12.6 Å². The molecule has 1 aromatic heterocycles. The molecule has 0 spiro atoms. The predicted octanol–water partition coefficient (Wildman–Crippen LogP) is 2.56. The van der Waals surface area contributed by atoms with Crippen LogP contribution in [0.2, 0.25) is 0 Å². The van der Waals surface area contributed by atoms with Crippen LogP contribution in [0, 0.1) is 0 Å². The highest BCUT2D eigenvalue weighted by Crippen LogP contribution is 2.31. The zero-order valence-corrected chi connectivity index (χ0v) is 8.79. The van der Waals surface area contributed by atoms with Crippen molar-refractivity contribution in [3.8, 4) is 0 Å². The van der Waals surface area contributed by atoms with Gasteiger partial charge >= 0.3 is 5.97 Å². The van der Waals surface area contributed by atoms with Crippen LogP contribution in [0.5, 0.6) is 0 Å². The van der Waals surface area contributed by atoms with Gasteiger partial charge in [0.1, 0.15) is 5.76 Å². The molecule has 1 heterocycles. The van der Waals surface area contributed by atoms with Crippen molar-refractivity contribution in [2.24, 2.45) is 0 Å². The summed E-state index contributed by atoms with van der Waals surface area (Å²) in [6.45, 7) is 2.22. The summed E-state index contributed by atoms with van der Waals surface area (Å²) in [5, 5.41) is 0.